The number of pyridine rings is 1. The molecule has 0 unspecified atom stereocenters. The van der Waals surface area contributed by atoms with E-state index in [2.05, 4.69) is 15.3 Å². The molecule has 0 aliphatic heterocycles. The minimum atomic E-state index is 0.339. The van der Waals surface area contributed by atoms with Crippen molar-refractivity contribution in [1.82, 2.24) is 9.97 Å². The molecule has 0 saturated carbocycles. The number of aromatic nitrogens is 2. The summed E-state index contributed by atoms with van der Waals surface area (Å²) in [4.78, 5) is 18.7. The van der Waals surface area contributed by atoms with Gasteiger partial charge >= 0.3 is 0 Å². The van der Waals surface area contributed by atoms with Gasteiger partial charge in [0.15, 0.2) is 5.58 Å². The van der Waals surface area contributed by atoms with Crippen LogP contribution < -0.4 is 14.8 Å². The first-order valence-electron chi connectivity index (χ1n) is 7.76. The second-order valence-electron chi connectivity index (χ2n) is 5.30. The first-order chi connectivity index (χ1) is 12.8. The Morgan fingerprint density at radius 1 is 0.923 bits per heavy atom. The molecule has 0 fully saturated rings. The van der Waals surface area contributed by atoms with E-state index in [1.54, 1.807) is 42.7 Å². The Morgan fingerprint density at radius 2 is 1.65 bits per heavy atom. The number of benzene rings is 2. The van der Waals surface area contributed by atoms with Crippen LogP contribution in [0.4, 0.5) is 11.7 Å². The minimum Gasteiger partial charge on any atom is -0.457 e. The Morgan fingerprint density at radius 3 is 2.42 bits per heavy atom. The van der Waals surface area contributed by atoms with Crippen LogP contribution in [0, 0.1) is 0 Å². The maximum Gasteiger partial charge on any atom is 0.300 e. The summed E-state index contributed by atoms with van der Waals surface area (Å²) in [5.74, 6) is 1.82. The van der Waals surface area contributed by atoms with Crippen LogP contribution in [0.5, 0.6) is 17.2 Å². The van der Waals surface area contributed by atoms with Crippen LogP contribution in [0.3, 0.4) is 0 Å². The Balaban J connectivity index is 1.48. The van der Waals surface area contributed by atoms with Crippen molar-refractivity contribution < 1.29 is 18.7 Å². The average Bonchev–Trinajstić information content (AvgIpc) is 3.06. The van der Waals surface area contributed by atoms with Crippen molar-refractivity contribution >= 4 is 29.3 Å². The van der Waals surface area contributed by atoms with E-state index >= 15 is 0 Å². The predicted molar refractivity (Wildman–Crippen MR) is 94.7 cm³/mol. The number of carbonyl (C=O) groups is 1. The smallest absolute Gasteiger partial charge is 0.300 e. The molecule has 1 N–H and O–H groups in total. The standard InChI is InChI=1S/C19H13N3O4/c23-12-24-16-5-6-17-18(11-16)26-19(22-17)21-13-1-3-14(4-2-13)25-15-7-9-20-10-8-15/h1-12H,(H,21,22). The van der Waals surface area contributed by atoms with Gasteiger partial charge in [-0.15, -0.1) is 0 Å². The molecule has 7 nitrogen and oxygen atoms in total. The van der Waals surface area contributed by atoms with Gasteiger partial charge in [-0.1, -0.05) is 0 Å². The number of carbonyl (C=O) groups excluding carboxylic acids is 1. The van der Waals surface area contributed by atoms with Crippen molar-refractivity contribution in [3.63, 3.8) is 0 Å². The Kier molecular flexibility index (Phi) is 4.17. The van der Waals surface area contributed by atoms with E-state index in [1.807, 2.05) is 24.3 Å². The Labute approximate surface area is 148 Å². The highest BCUT2D eigenvalue weighted by molar-refractivity contribution is 5.77. The first kappa shape index (κ1) is 15.6. The molecule has 0 bridgehead atoms. The average molecular weight is 347 g/mol. The van der Waals surface area contributed by atoms with Gasteiger partial charge in [0.05, 0.1) is 0 Å². The van der Waals surface area contributed by atoms with Gasteiger partial charge in [0.2, 0.25) is 0 Å². The minimum absolute atomic E-state index is 0.339. The number of nitrogens with zero attached hydrogens (tertiary/aromatic N) is 2. The number of hydrogen-bond acceptors (Lipinski definition) is 7. The van der Waals surface area contributed by atoms with E-state index in [9.17, 15) is 4.79 Å². The number of ether oxygens (including phenoxy) is 2. The fourth-order valence-corrected chi connectivity index (χ4v) is 2.36. The third-order valence-electron chi connectivity index (χ3n) is 3.54. The number of nitrogens with one attached hydrogen (secondary N) is 1. The van der Waals surface area contributed by atoms with E-state index in [-0.39, 0.29) is 0 Å². The zero-order valence-corrected chi connectivity index (χ0v) is 13.5. The highest BCUT2D eigenvalue weighted by Crippen LogP contribution is 2.27. The summed E-state index contributed by atoms with van der Waals surface area (Å²) < 4.78 is 16.1. The lowest BCUT2D eigenvalue weighted by Crippen LogP contribution is -1.90. The summed E-state index contributed by atoms with van der Waals surface area (Å²) in [6, 6.07) is 16.3. The fourth-order valence-electron chi connectivity index (χ4n) is 2.36. The Hall–Kier alpha value is -3.87. The van der Waals surface area contributed by atoms with E-state index in [4.69, 9.17) is 13.9 Å². The Bertz CT molecular complexity index is 1030. The predicted octanol–water partition coefficient (Wildman–Crippen LogP) is 4.29. The van der Waals surface area contributed by atoms with Crippen LogP contribution in [-0.4, -0.2) is 16.4 Å². The van der Waals surface area contributed by atoms with Crippen LogP contribution in [-0.2, 0) is 4.79 Å². The van der Waals surface area contributed by atoms with E-state index in [0.717, 1.165) is 5.69 Å². The second kappa shape index (κ2) is 6.94. The highest BCUT2D eigenvalue weighted by atomic mass is 16.5. The van der Waals surface area contributed by atoms with Crippen LogP contribution >= 0.6 is 0 Å². The van der Waals surface area contributed by atoms with Gasteiger partial charge in [0.1, 0.15) is 22.8 Å². The number of oxazole rings is 1. The summed E-state index contributed by atoms with van der Waals surface area (Å²) in [5.41, 5.74) is 1.97. The van der Waals surface area contributed by atoms with Crippen molar-refractivity contribution in [1.29, 1.82) is 0 Å². The van der Waals surface area contributed by atoms with Gasteiger partial charge in [-0.25, -0.2) is 0 Å². The van der Waals surface area contributed by atoms with Crippen molar-refractivity contribution in [3.05, 3.63) is 67.0 Å². The van der Waals surface area contributed by atoms with Gasteiger partial charge in [0.25, 0.3) is 12.5 Å². The zero-order chi connectivity index (χ0) is 17.8. The lowest BCUT2D eigenvalue weighted by molar-refractivity contribution is -0.120. The van der Waals surface area contributed by atoms with Crippen LogP contribution in [0.25, 0.3) is 11.1 Å². The van der Waals surface area contributed by atoms with Crippen LogP contribution in [0.15, 0.2) is 71.4 Å². The molecule has 4 aromatic rings. The highest BCUT2D eigenvalue weighted by Gasteiger charge is 2.08. The van der Waals surface area contributed by atoms with Gasteiger partial charge in [-0.3, -0.25) is 9.78 Å². The van der Waals surface area contributed by atoms with Crippen molar-refractivity contribution in [2.75, 3.05) is 5.32 Å². The molecule has 0 aliphatic rings. The van der Waals surface area contributed by atoms with Gasteiger partial charge < -0.3 is 19.2 Å². The first-order valence-corrected chi connectivity index (χ1v) is 7.76. The summed E-state index contributed by atoms with van der Waals surface area (Å²) in [5, 5.41) is 3.08. The van der Waals surface area contributed by atoms with Crippen molar-refractivity contribution in [2.45, 2.75) is 0 Å². The molecular weight excluding hydrogens is 334 g/mol. The molecule has 2 heterocycles. The normalized spacial score (nSPS) is 10.5. The molecule has 26 heavy (non-hydrogen) atoms. The lowest BCUT2D eigenvalue weighted by atomic mass is 10.3. The molecule has 0 amide bonds. The van der Waals surface area contributed by atoms with Crippen LogP contribution in [0.1, 0.15) is 0 Å². The number of hydrogen-bond donors (Lipinski definition) is 1. The molecule has 0 atom stereocenters. The molecular formula is C19H13N3O4. The summed E-state index contributed by atoms with van der Waals surface area (Å²) >= 11 is 0. The fraction of sp³-hybridized carbons (Fsp3) is 0. The molecule has 0 spiro atoms. The zero-order valence-electron chi connectivity index (χ0n) is 13.5. The third kappa shape index (κ3) is 3.46. The molecule has 128 valence electrons. The summed E-state index contributed by atoms with van der Waals surface area (Å²) in [6.07, 6.45) is 3.34. The van der Waals surface area contributed by atoms with Gasteiger partial charge in [0, 0.05) is 24.1 Å². The SMILES string of the molecule is O=COc1ccc2nc(Nc3ccc(Oc4ccncc4)cc3)oc2c1. The van der Waals surface area contributed by atoms with Crippen molar-refractivity contribution in [3.8, 4) is 17.2 Å². The molecule has 4 rings (SSSR count). The number of anilines is 2. The topological polar surface area (TPSA) is 86.5 Å². The lowest BCUT2D eigenvalue weighted by Gasteiger charge is -2.06. The molecule has 0 aliphatic carbocycles. The molecule has 2 aromatic carbocycles. The number of fused-ring (bicyclic) bond motifs is 1. The maximum absolute atomic E-state index is 10.4. The van der Waals surface area contributed by atoms with Gasteiger partial charge in [-0.05, 0) is 48.5 Å². The van der Waals surface area contributed by atoms with Gasteiger partial charge in [-0.2, -0.15) is 4.98 Å². The van der Waals surface area contributed by atoms with Crippen LogP contribution in [0.2, 0.25) is 0 Å². The van der Waals surface area contributed by atoms with E-state index < -0.39 is 0 Å². The van der Waals surface area contributed by atoms with Crippen molar-refractivity contribution in [2.24, 2.45) is 0 Å². The quantitative estimate of drug-likeness (QED) is 0.521. The molecule has 0 radical (unpaired) electrons. The van der Waals surface area contributed by atoms with E-state index in [1.165, 1.54) is 0 Å². The molecule has 0 saturated heterocycles. The number of rotatable bonds is 6. The largest absolute Gasteiger partial charge is 0.457 e. The second-order valence-corrected chi connectivity index (χ2v) is 5.30. The molecule has 7 heteroatoms. The summed E-state index contributed by atoms with van der Waals surface area (Å²) in [6.45, 7) is 0.367. The third-order valence-corrected chi connectivity index (χ3v) is 3.54. The van der Waals surface area contributed by atoms with E-state index in [0.29, 0.717) is 40.8 Å². The summed E-state index contributed by atoms with van der Waals surface area (Å²) in [7, 11) is 0. The molecule has 2 aromatic heterocycles. The maximum atomic E-state index is 10.4. The monoisotopic (exact) mass is 347 g/mol.